The van der Waals surface area contributed by atoms with Gasteiger partial charge in [-0.05, 0) is 38.9 Å². The van der Waals surface area contributed by atoms with E-state index in [4.69, 9.17) is 0 Å². The summed E-state index contributed by atoms with van der Waals surface area (Å²) in [7, 11) is 1.91. The van der Waals surface area contributed by atoms with E-state index >= 15 is 0 Å². The number of benzene rings is 1. The summed E-state index contributed by atoms with van der Waals surface area (Å²) < 4.78 is 0. The fourth-order valence-corrected chi connectivity index (χ4v) is 2.52. The van der Waals surface area contributed by atoms with Crippen molar-refractivity contribution < 1.29 is 9.59 Å². The van der Waals surface area contributed by atoms with Crippen molar-refractivity contribution in [1.82, 2.24) is 15.1 Å². The van der Waals surface area contributed by atoms with Crippen molar-refractivity contribution in [2.75, 3.05) is 20.1 Å². The number of carbonyl (C=O) groups excluding carboxylic acids is 2. The maximum Gasteiger partial charge on any atom is 0.324 e. The van der Waals surface area contributed by atoms with Crippen molar-refractivity contribution in [1.29, 1.82) is 0 Å². The van der Waals surface area contributed by atoms with Crippen LogP contribution in [0.2, 0.25) is 0 Å². The molecule has 1 aromatic rings. The molecule has 1 heterocycles. The summed E-state index contributed by atoms with van der Waals surface area (Å²) in [5.41, 5.74) is 3.66. The van der Waals surface area contributed by atoms with Crippen LogP contribution in [-0.4, -0.2) is 47.9 Å². The summed E-state index contributed by atoms with van der Waals surface area (Å²) in [5.74, 6) is -0.141. The molecule has 2 rings (SSSR count). The van der Waals surface area contributed by atoms with Gasteiger partial charge < -0.3 is 5.32 Å². The summed E-state index contributed by atoms with van der Waals surface area (Å²) in [6, 6.07) is 5.71. The molecule has 0 aromatic heterocycles. The van der Waals surface area contributed by atoms with Gasteiger partial charge in [0.1, 0.15) is 0 Å². The molecule has 0 radical (unpaired) electrons. The summed E-state index contributed by atoms with van der Waals surface area (Å²) in [5, 5.41) is 2.66. The number of aryl methyl sites for hydroxylation is 2. The van der Waals surface area contributed by atoms with Crippen molar-refractivity contribution in [3.63, 3.8) is 0 Å². The van der Waals surface area contributed by atoms with Crippen LogP contribution in [0.4, 0.5) is 4.79 Å². The lowest BCUT2D eigenvalue weighted by molar-refractivity contribution is -0.132. The number of carbonyl (C=O) groups is 2. The molecule has 1 N–H and O–H groups in total. The van der Waals surface area contributed by atoms with Gasteiger partial charge in [0.25, 0.3) is 0 Å². The van der Waals surface area contributed by atoms with Gasteiger partial charge in [-0.1, -0.05) is 23.8 Å². The fraction of sp³-hybridized carbons (Fsp3) is 0.500. The Hall–Kier alpha value is -1.88. The lowest BCUT2D eigenvalue weighted by Crippen LogP contribution is -2.46. The van der Waals surface area contributed by atoms with E-state index in [1.165, 1.54) is 21.6 Å². The normalized spacial score (nSPS) is 16.2. The van der Waals surface area contributed by atoms with Gasteiger partial charge in [-0.2, -0.15) is 0 Å². The average Bonchev–Trinajstić information content (AvgIpc) is 2.86. The van der Waals surface area contributed by atoms with E-state index in [0.717, 1.165) is 0 Å². The highest BCUT2D eigenvalue weighted by molar-refractivity contribution is 5.98. The van der Waals surface area contributed by atoms with Gasteiger partial charge in [0, 0.05) is 19.6 Å². The molecule has 5 heteroatoms. The van der Waals surface area contributed by atoms with Crippen molar-refractivity contribution in [3.05, 3.63) is 34.9 Å². The molecule has 1 atom stereocenters. The average molecular weight is 289 g/mol. The van der Waals surface area contributed by atoms with Crippen LogP contribution in [-0.2, 0) is 11.3 Å². The first-order valence-electron chi connectivity index (χ1n) is 7.25. The third-order valence-corrected chi connectivity index (χ3v) is 4.06. The van der Waals surface area contributed by atoms with Gasteiger partial charge in [-0.3, -0.25) is 14.6 Å². The number of urea groups is 1. The summed E-state index contributed by atoms with van der Waals surface area (Å²) in [6.45, 7) is 7.68. The predicted octanol–water partition coefficient (Wildman–Crippen LogP) is 1.68. The molecule has 0 spiro atoms. The van der Waals surface area contributed by atoms with E-state index in [0.29, 0.717) is 19.6 Å². The van der Waals surface area contributed by atoms with E-state index in [1.807, 2.05) is 18.9 Å². The number of hydrogen-bond acceptors (Lipinski definition) is 3. The number of amides is 3. The van der Waals surface area contributed by atoms with Crippen molar-refractivity contribution in [3.8, 4) is 0 Å². The summed E-state index contributed by atoms with van der Waals surface area (Å²) in [4.78, 5) is 27.2. The Morgan fingerprint density at radius 2 is 2.14 bits per heavy atom. The molecule has 0 unspecified atom stereocenters. The molecule has 21 heavy (non-hydrogen) atoms. The molecule has 1 aliphatic rings. The van der Waals surface area contributed by atoms with Gasteiger partial charge in [0.15, 0.2) is 0 Å². The Labute approximate surface area is 125 Å². The third-order valence-electron chi connectivity index (χ3n) is 4.06. The minimum absolute atomic E-state index is 0.141. The Bertz CT molecular complexity index is 556. The second kappa shape index (κ2) is 6.26. The smallest absolute Gasteiger partial charge is 0.324 e. The van der Waals surface area contributed by atoms with Crippen LogP contribution in [0.15, 0.2) is 18.2 Å². The van der Waals surface area contributed by atoms with E-state index in [1.54, 1.807) is 0 Å². The number of imide groups is 1. The first kappa shape index (κ1) is 15.5. The highest BCUT2D eigenvalue weighted by Gasteiger charge is 2.31. The molecule has 1 fully saturated rings. The van der Waals surface area contributed by atoms with E-state index in [9.17, 15) is 9.59 Å². The van der Waals surface area contributed by atoms with E-state index in [2.05, 4.69) is 37.4 Å². The van der Waals surface area contributed by atoms with Crippen LogP contribution < -0.4 is 5.32 Å². The molecule has 1 aliphatic heterocycles. The molecule has 0 saturated carbocycles. The topological polar surface area (TPSA) is 52.7 Å². The van der Waals surface area contributed by atoms with Crippen LogP contribution in [0, 0.1) is 13.8 Å². The molecule has 3 amide bonds. The number of hydrogen-bond donors (Lipinski definition) is 1. The van der Waals surface area contributed by atoms with E-state index in [-0.39, 0.29) is 18.0 Å². The number of likely N-dealkylation sites (N-methyl/N-ethyl adjacent to an activating group) is 1. The van der Waals surface area contributed by atoms with Gasteiger partial charge in [0.2, 0.25) is 5.91 Å². The Kier molecular flexibility index (Phi) is 4.63. The molecule has 1 saturated heterocycles. The van der Waals surface area contributed by atoms with E-state index < -0.39 is 0 Å². The first-order valence-corrected chi connectivity index (χ1v) is 7.25. The Morgan fingerprint density at radius 3 is 2.71 bits per heavy atom. The van der Waals surface area contributed by atoms with Crippen LogP contribution >= 0.6 is 0 Å². The monoisotopic (exact) mass is 289 g/mol. The Balaban J connectivity index is 2.03. The first-order chi connectivity index (χ1) is 9.90. The van der Waals surface area contributed by atoms with Gasteiger partial charge in [0.05, 0.1) is 6.04 Å². The number of rotatable bonds is 4. The Morgan fingerprint density at radius 1 is 1.43 bits per heavy atom. The van der Waals surface area contributed by atoms with Crippen LogP contribution in [0.3, 0.4) is 0 Å². The second-order valence-electron chi connectivity index (χ2n) is 5.74. The second-order valence-corrected chi connectivity index (χ2v) is 5.74. The predicted molar refractivity (Wildman–Crippen MR) is 82.0 cm³/mol. The van der Waals surface area contributed by atoms with Gasteiger partial charge >= 0.3 is 6.03 Å². The molecule has 1 aromatic carbocycles. The quantitative estimate of drug-likeness (QED) is 0.917. The molecular weight excluding hydrogens is 266 g/mol. The van der Waals surface area contributed by atoms with Crippen molar-refractivity contribution >= 4 is 11.9 Å². The zero-order valence-electron chi connectivity index (χ0n) is 13.1. The minimum atomic E-state index is -0.324. The molecule has 5 nitrogen and oxygen atoms in total. The van der Waals surface area contributed by atoms with Gasteiger partial charge in [-0.15, -0.1) is 0 Å². The fourth-order valence-electron chi connectivity index (χ4n) is 2.52. The lowest BCUT2D eigenvalue weighted by Gasteiger charge is -2.27. The zero-order chi connectivity index (χ0) is 15.6. The SMILES string of the molecule is Cc1ccc(CN(C)[C@H](C)C(=O)N2CCNC2=O)c(C)c1. The molecule has 114 valence electrons. The maximum absolute atomic E-state index is 12.3. The summed E-state index contributed by atoms with van der Waals surface area (Å²) >= 11 is 0. The summed E-state index contributed by atoms with van der Waals surface area (Å²) in [6.07, 6.45) is 0. The van der Waals surface area contributed by atoms with Crippen molar-refractivity contribution in [2.45, 2.75) is 33.4 Å². The van der Waals surface area contributed by atoms with Crippen molar-refractivity contribution in [2.24, 2.45) is 0 Å². The number of nitrogens with zero attached hydrogens (tertiary/aromatic N) is 2. The van der Waals surface area contributed by atoms with Crippen LogP contribution in [0.5, 0.6) is 0 Å². The zero-order valence-corrected chi connectivity index (χ0v) is 13.1. The highest BCUT2D eigenvalue weighted by Crippen LogP contribution is 2.15. The molecular formula is C16H23N3O2. The number of nitrogens with one attached hydrogen (secondary N) is 1. The standard InChI is InChI=1S/C16H23N3O2/c1-11-5-6-14(12(2)9-11)10-18(4)13(3)15(20)19-8-7-17-16(19)21/h5-6,9,13H,7-8,10H2,1-4H3,(H,17,21)/t13-/m1/s1. The molecule has 0 aliphatic carbocycles. The highest BCUT2D eigenvalue weighted by atomic mass is 16.2. The minimum Gasteiger partial charge on any atom is -0.336 e. The largest absolute Gasteiger partial charge is 0.336 e. The maximum atomic E-state index is 12.3. The lowest BCUT2D eigenvalue weighted by atomic mass is 10.0. The van der Waals surface area contributed by atoms with Crippen LogP contribution in [0.25, 0.3) is 0 Å². The molecule has 0 bridgehead atoms. The third kappa shape index (κ3) is 3.42. The van der Waals surface area contributed by atoms with Crippen LogP contribution in [0.1, 0.15) is 23.6 Å². The van der Waals surface area contributed by atoms with Gasteiger partial charge in [-0.25, -0.2) is 4.79 Å².